The SMILES string of the molecule is Cc1c(CC(=O)NC[C@@H](CC(=O)NC(C)C)c2ccc(Cl)cc2)c(=O)oc2cc(O)cc(O)c12. The van der Waals surface area contributed by atoms with E-state index in [9.17, 15) is 24.6 Å². The predicted octanol–water partition coefficient (Wildman–Crippen LogP) is 3.52. The Kier molecular flexibility index (Phi) is 7.83. The number of aryl methyl sites for hydroxylation is 1. The summed E-state index contributed by atoms with van der Waals surface area (Å²) in [5.74, 6) is -1.38. The molecule has 9 heteroatoms. The molecule has 0 aliphatic heterocycles. The second kappa shape index (κ2) is 10.6. The average molecular weight is 487 g/mol. The molecule has 3 rings (SSSR count). The third-order valence-corrected chi connectivity index (χ3v) is 5.70. The normalized spacial score (nSPS) is 12.0. The molecule has 2 aromatic carbocycles. The number of carbonyl (C=O) groups is 2. The summed E-state index contributed by atoms with van der Waals surface area (Å²) in [6.07, 6.45) is -0.107. The highest BCUT2D eigenvalue weighted by Gasteiger charge is 2.21. The standard InChI is InChI=1S/C25H27ClN2O6/c1-13(2)28-23(32)8-16(15-4-6-17(26)7-5-15)12-27-22(31)11-19-14(3)24-20(30)9-18(29)10-21(24)34-25(19)33/h4-7,9-10,13,16,29-30H,8,11-12H2,1-3H3,(H,27,31)(H,28,32)/t16-/m1/s1. The third-order valence-electron chi connectivity index (χ3n) is 5.45. The van der Waals surface area contributed by atoms with Crippen molar-refractivity contribution in [2.45, 2.75) is 45.6 Å². The monoisotopic (exact) mass is 486 g/mol. The first kappa shape index (κ1) is 25.1. The molecule has 1 atom stereocenters. The number of nitrogens with one attached hydrogen (secondary N) is 2. The van der Waals surface area contributed by atoms with Crippen molar-refractivity contribution in [2.75, 3.05) is 6.54 Å². The minimum absolute atomic E-state index is 0.0126. The molecule has 1 aromatic heterocycles. The first-order valence-corrected chi connectivity index (χ1v) is 11.2. The van der Waals surface area contributed by atoms with Gasteiger partial charge in [-0.15, -0.1) is 0 Å². The van der Waals surface area contributed by atoms with Crippen LogP contribution < -0.4 is 16.3 Å². The van der Waals surface area contributed by atoms with Gasteiger partial charge in [0.1, 0.15) is 17.1 Å². The number of hydrogen-bond acceptors (Lipinski definition) is 6. The highest BCUT2D eigenvalue weighted by molar-refractivity contribution is 6.30. The lowest BCUT2D eigenvalue weighted by Gasteiger charge is -2.19. The van der Waals surface area contributed by atoms with Gasteiger partial charge in [-0.05, 0) is 44.0 Å². The summed E-state index contributed by atoms with van der Waals surface area (Å²) < 4.78 is 5.21. The van der Waals surface area contributed by atoms with E-state index >= 15 is 0 Å². The summed E-state index contributed by atoms with van der Waals surface area (Å²) in [5, 5.41) is 26.3. The Balaban J connectivity index is 1.78. The molecule has 0 aliphatic rings. The lowest BCUT2D eigenvalue weighted by atomic mass is 9.95. The Bertz CT molecular complexity index is 1270. The number of amides is 2. The molecule has 0 saturated carbocycles. The number of halogens is 1. The summed E-state index contributed by atoms with van der Waals surface area (Å²) in [4.78, 5) is 37.6. The quantitative estimate of drug-likeness (QED) is 0.360. The Morgan fingerprint density at radius 1 is 1.09 bits per heavy atom. The van der Waals surface area contributed by atoms with E-state index in [0.29, 0.717) is 10.6 Å². The fourth-order valence-electron chi connectivity index (χ4n) is 3.82. The molecule has 0 fully saturated rings. The summed E-state index contributed by atoms with van der Waals surface area (Å²) in [7, 11) is 0. The van der Waals surface area contributed by atoms with E-state index in [1.54, 1.807) is 19.1 Å². The van der Waals surface area contributed by atoms with Gasteiger partial charge in [0.25, 0.3) is 0 Å². The van der Waals surface area contributed by atoms with Crippen molar-refractivity contribution in [1.29, 1.82) is 0 Å². The largest absolute Gasteiger partial charge is 0.508 e. The van der Waals surface area contributed by atoms with Crippen LogP contribution in [-0.2, 0) is 16.0 Å². The van der Waals surface area contributed by atoms with Crippen molar-refractivity contribution in [3.8, 4) is 11.5 Å². The minimum atomic E-state index is -0.726. The number of phenols is 2. The number of rotatable bonds is 8. The average Bonchev–Trinajstić information content (AvgIpc) is 2.73. The molecular weight excluding hydrogens is 460 g/mol. The summed E-state index contributed by atoms with van der Waals surface area (Å²) in [5.41, 5.74) is 0.643. The number of aromatic hydroxyl groups is 2. The third kappa shape index (κ3) is 6.08. The molecule has 3 aromatic rings. The van der Waals surface area contributed by atoms with Gasteiger partial charge in [0.15, 0.2) is 0 Å². The fraction of sp³-hybridized carbons (Fsp3) is 0.320. The first-order valence-electron chi connectivity index (χ1n) is 10.8. The zero-order valence-electron chi connectivity index (χ0n) is 19.1. The number of carbonyl (C=O) groups excluding carboxylic acids is 2. The Hall–Kier alpha value is -3.52. The van der Waals surface area contributed by atoms with Gasteiger partial charge in [-0.1, -0.05) is 23.7 Å². The van der Waals surface area contributed by atoms with Crippen molar-refractivity contribution >= 4 is 34.4 Å². The van der Waals surface area contributed by atoms with Crippen molar-refractivity contribution in [2.24, 2.45) is 0 Å². The first-order chi connectivity index (χ1) is 16.0. The van der Waals surface area contributed by atoms with Gasteiger partial charge in [-0.3, -0.25) is 9.59 Å². The van der Waals surface area contributed by atoms with E-state index < -0.39 is 11.5 Å². The van der Waals surface area contributed by atoms with Crippen molar-refractivity contribution in [3.05, 3.63) is 68.5 Å². The van der Waals surface area contributed by atoms with Crippen LogP contribution in [0.1, 0.15) is 42.9 Å². The number of fused-ring (bicyclic) bond motifs is 1. The molecule has 0 spiro atoms. The summed E-state index contributed by atoms with van der Waals surface area (Å²) in [6.45, 7) is 5.51. The van der Waals surface area contributed by atoms with E-state index in [4.69, 9.17) is 16.0 Å². The molecule has 0 saturated heterocycles. The number of hydrogen-bond donors (Lipinski definition) is 4. The molecule has 8 nitrogen and oxygen atoms in total. The van der Waals surface area contributed by atoms with Crippen LogP contribution in [-0.4, -0.2) is 34.6 Å². The van der Waals surface area contributed by atoms with Gasteiger partial charge >= 0.3 is 5.63 Å². The summed E-state index contributed by atoms with van der Waals surface area (Å²) >= 11 is 5.98. The van der Waals surface area contributed by atoms with E-state index in [1.165, 1.54) is 6.07 Å². The van der Waals surface area contributed by atoms with Gasteiger partial charge in [0, 0.05) is 42.1 Å². The van der Waals surface area contributed by atoms with Gasteiger partial charge in [0.2, 0.25) is 11.8 Å². The zero-order valence-corrected chi connectivity index (χ0v) is 19.9. The van der Waals surface area contributed by atoms with Crippen LogP contribution in [0.15, 0.2) is 45.6 Å². The Morgan fingerprint density at radius 2 is 1.76 bits per heavy atom. The molecule has 2 amide bonds. The predicted molar refractivity (Wildman–Crippen MR) is 129 cm³/mol. The van der Waals surface area contributed by atoms with E-state index in [0.717, 1.165) is 11.6 Å². The lowest BCUT2D eigenvalue weighted by molar-refractivity contribution is -0.123. The van der Waals surface area contributed by atoms with E-state index in [-0.39, 0.29) is 65.3 Å². The molecule has 0 unspecified atom stereocenters. The molecule has 1 heterocycles. The van der Waals surface area contributed by atoms with Crippen LogP contribution in [0.4, 0.5) is 0 Å². The van der Waals surface area contributed by atoms with Gasteiger partial charge < -0.3 is 25.3 Å². The van der Waals surface area contributed by atoms with Crippen molar-refractivity contribution in [1.82, 2.24) is 10.6 Å². The lowest BCUT2D eigenvalue weighted by Crippen LogP contribution is -2.35. The molecule has 4 N–H and O–H groups in total. The molecule has 180 valence electrons. The molecule has 0 aliphatic carbocycles. The fourth-order valence-corrected chi connectivity index (χ4v) is 3.95. The van der Waals surface area contributed by atoms with Gasteiger partial charge in [-0.2, -0.15) is 0 Å². The second-order valence-corrected chi connectivity index (χ2v) is 8.92. The van der Waals surface area contributed by atoms with Gasteiger partial charge in [0.05, 0.1) is 17.4 Å². The number of phenolic OH excluding ortho intramolecular Hbond substituents is 2. The van der Waals surface area contributed by atoms with Crippen LogP contribution in [0.5, 0.6) is 11.5 Å². The van der Waals surface area contributed by atoms with E-state index in [1.807, 2.05) is 26.0 Å². The van der Waals surface area contributed by atoms with Crippen LogP contribution in [0.3, 0.4) is 0 Å². The van der Waals surface area contributed by atoms with Crippen LogP contribution >= 0.6 is 11.6 Å². The van der Waals surface area contributed by atoms with Crippen LogP contribution in [0.2, 0.25) is 5.02 Å². The highest BCUT2D eigenvalue weighted by atomic mass is 35.5. The smallest absolute Gasteiger partial charge is 0.340 e. The minimum Gasteiger partial charge on any atom is -0.508 e. The molecular formula is C25H27ClN2O6. The van der Waals surface area contributed by atoms with Crippen molar-refractivity contribution < 1.29 is 24.2 Å². The van der Waals surface area contributed by atoms with Crippen LogP contribution in [0, 0.1) is 6.92 Å². The maximum atomic E-state index is 12.7. The van der Waals surface area contributed by atoms with Crippen LogP contribution in [0.25, 0.3) is 11.0 Å². The molecule has 0 radical (unpaired) electrons. The van der Waals surface area contributed by atoms with Crippen molar-refractivity contribution in [3.63, 3.8) is 0 Å². The van der Waals surface area contributed by atoms with E-state index in [2.05, 4.69) is 10.6 Å². The zero-order chi connectivity index (χ0) is 25.0. The molecule has 0 bridgehead atoms. The second-order valence-electron chi connectivity index (χ2n) is 8.49. The molecule has 34 heavy (non-hydrogen) atoms. The topological polar surface area (TPSA) is 129 Å². The van der Waals surface area contributed by atoms with Gasteiger partial charge in [-0.25, -0.2) is 4.79 Å². The Labute approximate surface area is 201 Å². The maximum absolute atomic E-state index is 12.7. The summed E-state index contributed by atoms with van der Waals surface area (Å²) in [6, 6.07) is 9.41. The maximum Gasteiger partial charge on any atom is 0.340 e. The number of benzene rings is 2. The Morgan fingerprint density at radius 3 is 2.41 bits per heavy atom. The highest BCUT2D eigenvalue weighted by Crippen LogP contribution is 2.32.